The van der Waals surface area contributed by atoms with Crippen molar-refractivity contribution >= 4 is 27.8 Å². The largest absolute Gasteiger partial charge is 0.497 e. The summed E-state index contributed by atoms with van der Waals surface area (Å²) in [7, 11) is 3.51. The van der Waals surface area contributed by atoms with Crippen LogP contribution in [0, 0.1) is 6.92 Å². The highest BCUT2D eigenvalue weighted by Crippen LogP contribution is 2.37. The van der Waals surface area contributed by atoms with Gasteiger partial charge in [0.05, 0.1) is 19.0 Å². The van der Waals surface area contributed by atoms with Crippen molar-refractivity contribution < 1.29 is 22.6 Å². The van der Waals surface area contributed by atoms with Crippen molar-refractivity contribution in [2.24, 2.45) is 0 Å². The molecule has 4 aromatic rings. The summed E-state index contributed by atoms with van der Waals surface area (Å²) < 4.78 is 50.3. The van der Waals surface area contributed by atoms with Crippen molar-refractivity contribution in [2.75, 3.05) is 24.4 Å². The lowest BCUT2D eigenvalue weighted by atomic mass is 10.2. The highest BCUT2D eigenvalue weighted by Gasteiger charge is 2.33. The van der Waals surface area contributed by atoms with Crippen molar-refractivity contribution in [3.8, 4) is 17.4 Å². The van der Waals surface area contributed by atoms with E-state index in [4.69, 9.17) is 9.47 Å². The summed E-state index contributed by atoms with van der Waals surface area (Å²) in [5, 5.41) is 4.01. The van der Waals surface area contributed by atoms with Crippen LogP contribution in [-0.4, -0.2) is 24.1 Å². The van der Waals surface area contributed by atoms with Crippen LogP contribution in [0.15, 0.2) is 66.2 Å². The predicted octanol–water partition coefficient (Wildman–Crippen LogP) is 7.05. The quantitative estimate of drug-likeness (QED) is 0.280. The van der Waals surface area contributed by atoms with Gasteiger partial charge < -0.3 is 19.7 Å². The number of benzene rings is 2. The number of anilines is 3. The number of ether oxygens (including phenoxy) is 2. The molecule has 2 heterocycles. The minimum Gasteiger partial charge on any atom is -0.497 e. The zero-order valence-electron chi connectivity index (χ0n) is 19.3. The second-order valence-electron chi connectivity index (χ2n) is 7.78. The van der Waals surface area contributed by atoms with Gasteiger partial charge in [-0.05, 0) is 42.3 Å². The molecule has 0 aliphatic carbocycles. The van der Waals surface area contributed by atoms with Crippen LogP contribution in [0.3, 0.4) is 0 Å². The monoisotopic (exact) mass is 500 g/mol. The van der Waals surface area contributed by atoms with Crippen molar-refractivity contribution in [3.05, 3.63) is 83.0 Å². The van der Waals surface area contributed by atoms with E-state index in [1.165, 1.54) is 0 Å². The molecular weight excluding hydrogens is 477 g/mol. The van der Waals surface area contributed by atoms with Crippen molar-refractivity contribution in [3.63, 3.8) is 0 Å². The number of aryl methyl sites for hydroxylation is 1. The fourth-order valence-electron chi connectivity index (χ4n) is 3.27. The normalized spacial score (nSPS) is 11.3. The van der Waals surface area contributed by atoms with Gasteiger partial charge in [0, 0.05) is 19.0 Å². The molecule has 2 aromatic carbocycles. The van der Waals surface area contributed by atoms with E-state index < -0.39 is 11.9 Å². The fraction of sp³-hybridized carbons (Fsp3) is 0.200. The maximum atomic E-state index is 13.0. The Kier molecular flexibility index (Phi) is 7.11. The first-order valence-electron chi connectivity index (χ1n) is 10.6. The number of halogens is 3. The summed E-state index contributed by atoms with van der Waals surface area (Å²) in [6, 6.07) is 16.9. The molecule has 0 bridgehead atoms. The summed E-state index contributed by atoms with van der Waals surface area (Å²) >= 11 is 0.859. The van der Waals surface area contributed by atoms with Crippen LogP contribution in [0.25, 0.3) is 0 Å². The Hall–Kier alpha value is -3.79. The van der Waals surface area contributed by atoms with Gasteiger partial charge in [-0.15, -0.1) is 11.3 Å². The topological polar surface area (TPSA) is 59.5 Å². The molecule has 0 atom stereocenters. The molecule has 0 spiro atoms. The van der Waals surface area contributed by atoms with Gasteiger partial charge >= 0.3 is 6.18 Å². The van der Waals surface area contributed by atoms with Crippen LogP contribution < -0.4 is 19.7 Å². The lowest BCUT2D eigenvalue weighted by Crippen LogP contribution is -2.17. The van der Waals surface area contributed by atoms with E-state index in [1.807, 2.05) is 61.3 Å². The molecule has 2 aromatic heterocycles. The van der Waals surface area contributed by atoms with Gasteiger partial charge in [-0.3, -0.25) is 0 Å². The average Bonchev–Trinajstić information content (AvgIpc) is 3.31. The molecule has 10 heteroatoms. The number of hydrogen-bond acceptors (Lipinski definition) is 7. The van der Waals surface area contributed by atoms with Gasteiger partial charge in [-0.1, -0.05) is 30.3 Å². The summed E-state index contributed by atoms with van der Waals surface area (Å²) in [6.07, 6.45) is -2.86. The van der Waals surface area contributed by atoms with Gasteiger partial charge in [0.15, 0.2) is 10.8 Å². The van der Waals surface area contributed by atoms with Crippen LogP contribution in [0.1, 0.15) is 16.8 Å². The lowest BCUT2D eigenvalue weighted by molar-refractivity contribution is -0.140. The Bertz CT molecular complexity index is 1290. The van der Waals surface area contributed by atoms with Crippen molar-refractivity contribution in [1.82, 2.24) is 9.97 Å². The highest BCUT2D eigenvalue weighted by atomic mass is 32.1. The number of aromatic nitrogens is 2. The first-order chi connectivity index (χ1) is 16.7. The molecular formula is C25H23F3N4O2S. The third kappa shape index (κ3) is 6.02. The predicted molar refractivity (Wildman–Crippen MR) is 131 cm³/mol. The lowest BCUT2D eigenvalue weighted by Gasteiger charge is -2.21. The first kappa shape index (κ1) is 24.3. The molecule has 0 saturated carbocycles. The molecule has 0 aliphatic heterocycles. The van der Waals surface area contributed by atoms with Gasteiger partial charge in [0.1, 0.15) is 17.2 Å². The van der Waals surface area contributed by atoms with E-state index in [1.54, 1.807) is 25.4 Å². The molecule has 0 aliphatic rings. The Labute approximate surface area is 205 Å². The molecule has 182 valence electrons. The fourth-order valence-corrected chi connectivity index (χ4v) is 4.00. The van der Waals surface area contributed by atoms with E-state index in [9.17, 15) is 13.2 Å². The maximum absolute atomic E-state index is 13.0. The number of nitrogens with one attached hydrogen (secondary N) is 1. The number of nitrogens with zero attached hydrogens (tertiary/aromatic N) is 3. The Balaban J connectivity index is 1.63. The van der Waals surface area contributed by atoms with Crippen LogP contribution >= 0.6 is 11.3 Å². The molecule has 0 saturated heterocycles. The van der Waals surface area contributed by atoms with Crippen LogP contribution in [0.5, 0.6) is 17.4 Å². The minimum absolute atomic E-state index is 0.0868. The van der Waals surface area contributed by atoms with Crippen LogP contribution in [-0.2, 0) is 12.7 Å². The Morgan fingerprint density at radius 1 is 1.09 bits per heavy atom. The van der Waals surface area contributed by atoms with Gasteiger partial charge in [-0.2, -0.15) is 13.2 Å². The second-order valence-corrected chi connectivity index (χ2v) is 8.64. The molecule has 0 fully saturated rings. The van der Waals surface area contributed by atoms with E-state index in [2.05, 4.69) is 15.3 Å². The van der Waals surface area contributed by atoms with Crippen LogP contribution in [0.2, 0.25) is 0 Å². The van der Waals surface area contributed by atoms with Crippen molar-refractivity contribution in [1.29, 1.82) is 0 Å². The Morgan fingerprint density at radius 2 is 1.83 bits per heavy atom. The average molecular weight is 501 g/mol. The SMILES string of the molecule is COc1ccc(CN(C)c2cnc(Oc3ccccc3C)c(Nc3nc(C(F)(F)F)cs3)c2)cc1. The summed E-state index contributed by atoms with van der Waals surface area (Å²) in [5.74, 6) is 1.59. The number of hydrogen-bond donors (Lipinski definition) is 1. The number of alkyl halides is 3. The number of thiazole rings is 1. The van der Waals surface area contributed by atoms with Gasteiger partial charge in [-0.25, -0.2) is 9.97 Å². The summed E-state index contributed by atoms with van der Waals surface area (Å²) in [5.41, 5.74) is 2.14. The van der Waals surface area contributed by atoms with Crippen molar-refractivity contribution in [2.45, 2.75) is 19.6 Å². The molecule has 1 N–H and O–H groups in total. The first-order valence-corrected chi connectivity index (χ1v) is 11.5. The summed E-state index contributed by atoms with van der Waals surface area (Å²) in [4.78, 5) is 10.1. The van der Waals surface area contributed by atoms with Gasteiger partial charge in [0.2, 0.25) is 5.88 Å². The second kappa shape index (κ2) is 10.2. The molecule has 6 nitrogen and oxygen atoms in total. The molecule has 0 unspecified atom stereocenters. The third-order valence-corrected chi connectivity index (χ3v) is 5.95. The number of rotatable bonds is 8. The molecule has 4 rings (SSSR count). The maximum Gasteiger partial charge on any atom is 0.434 e. The standard InChI is InChI=1S/C25H23F3N4O2S/c1-16-6-4-5-7-21(16)34-23-20(30-24-31-22(15-35-24)25(26,27)28)12-18(13-29-23)32(2)14-17-8-10-19(33-3)11-9-17/h4-13,15H,14H2,1-3H3,(H,30,31). The Morgan fingerprint density at radius 3 is 2.49 bits per heavy atom. The van der Waals surface area contributed by atoms with E-state index in [0.29, 0.717) is 18.0 Å². The third-order valence-electron chi connectivity index (χ3n) is 5.19. The van der Waals surface area contributed by atoms with Crippen LogP contribution in [0.4, 0.5) is 29.7 Å². The van der Waals surface area contributed by atoms with E-state index >= 15 is 0 Å². The number of pyridine rings is 1. The van der Waals surface area contributed by atoms with E-state index in [0.717, 1.165) is 39.3 Å². The smallest absolute Gasteiger partial charge is 0.434 e. The zero-order chi connectivity index (χ0) is 25.0. The molecule has 0 amide bonds. The number of methoxy groups -OCH3 is 1. The number of para-hydroxylation sites is 1. The molecule has 35 heavy (non-hydrogen) atoms. The summed E-state index contributed by atoms with van der Waals surface area (Å²) in [6.45, 7) is 2.48. The molecule has 0 radical (unpaired) electrons. The minimum atomic E-state index is -4.52. The highest BCUT2D eigenvalue weighted by molar-refractivity contribution is 7.13. The zero-order valence-corrected chi connectivity index (χ0v) is 20.1. The van der Waals surface area contributed by atoms with Gasteiger partial charge in [0.25, 0.3) is 0 Å². The van der Waals surface area contributed by atoms with E-state index in [-0.39, 0.29) is 11.0 Å².